The molecule has 0 spiro atoms. The Hall–Kier alpha value is -0.450. The van der Waals surface area contributed by atoms with Crippen LogP contribution in [0.25, 0.3) is 0 Å². The van der Waals surface area contributed by atoms with E-state index in [0.29, 0.717) is 12.0 Å². The number of hydrogen-bond acceptors (Lipinski definition) is 1. The first kappa shape index (κ1) is 14.6. The molecule has 0 bridgehead atoms. The highest BCUT2D eigenvalue weighted by atomic mass is 35.5. The summed E-state index contributed by atoms with van der Waals surface area (Å²) in [5.74, 6) is 0. The van der Waals surface area contributed by atoms with Crippen molar-refractivity contribution >= 4 is 24.0 Å². The van der Waals surface area contributed by atoms with Crippen LogP contribution in [0.2, 0.25) is 5.02 Å². The largest absolute Gasteiger partial charge is 0.417 e. The number of halogens is 5. The molecule has 15 heavy (non-hydrogen) atoms. The Kier molecular flexibility index (Phi) is 5.42. The smallest absolute Gasteiger partial charge is 0.330 e. The lowest BCUT2D eigenvalue weighted by atomic mass is 10.1. The molecule has 6 heteroatoms. The number of benzene rings is 1. The van der Waals surface area contributed by atoms with Crippen LogP contribution in [-0.2, 0) is 12.6 Å². The Morgan fingerprint density at radius 2 is 1.87 bits per heavy atom. The van der Waals surface area contributed by atoms with Crippen molar-refractivity contribution in [2.45, 2.75) is 12.6 Å². The topological polar surface area (TPSA) is 26.0 Å². The van der Waals surface area contributed by atoms with Gasteiger partial charge in [0.1, 0.15) is 0 Å². The molecule has 1 nitrogen and oxygen atoms in total. The van der Waals surface area contributed by atoms with Crippen LogP contribution in [0.1, 0.15) is 11.1 Å². The molecule has 1 aromatic carbocycles. The molecule has 0 saturated carbocycles. The Morgan fingerprint density at radius 1 is 1.27 bits per heavy atom. The fraction of sp³-hybridized carbons (Fsp3) is 0.333. The van der Waals surface area contributed by atoms with Gasteiger partial charge in [-0.15, -0.1) is 12.4 Å². The van der Waals surface area contributed by atoms with E-state index in [9.17, 15) is 13.2 Å². The van der Waals surface area contributed by atoms with Gasteiger partial charge in [0.2, 0.25) is 0 Å². The van der Waals surface area contributed by atoms with E-state index in [4.69, 9.17) is 17.3 Å². The van der Waals surface area contributed by atoms with Gasteiger partial charge in [-0.2, -0.15) is 13.2 Å². The van der Waals surface area contributed by atoms with Gasteiger partial charge in [0.25, 0.3) is 0 Å². The summed E-state index contributed by atoms with van der Waals surface area (Å²) in [4.78, 5) is 0. The lowest BCUT2D eigenvalue weighted by molar-refractivity contribution is -0.137. The Morgan fingerprint density at radius 3 is 2.33 bits per heavy atom. The minimum Gasteiger partial charge on any atom is -0.330 e. The molecule has 0 radical (unpaired) electrons. The van der Waals surface area contributed by atoms with Crippen LogP contribution >= 0.6 is 24.0 Å². The first-order valence-corrected chi connectivity index (χ1v) is 4.39. The van der Waals surface area contributed by atoms with E-state index in [2.05, 4.69) is 0 Å². The summed E-state index contributed by atoms with van der Waals surface area (Å²) in [7, 11) is 0. The highest BCUT2D eigenvalue weighted by molar-refractivity contribution is 6.32. The van der Waals surface area contributed by atoms with Crippen molar-refractivity contribution in [1.82, 2.24) is 0 Å². The number of hydrogen-bond donors (Lipinski definition) is 1. The molecular formula is C9H10Cl2F3N. The van der Waals surface area contributed by atoms with Gasteiger partial charge in [0, 0.05) is 0 Å². The zero-order chi connectivity index (χ0) is 10.8. The second kappa shape index (κ2) is 5.58. The van der Waals surface area contributed by atoms with Gasteiger partial charge in [0.15, 0.2) is 0 Å². The zero-order valence-electron chi connectivity index (χ0n) is 7.64. The molecule has 0 fully saturated rings. The summed E-state index contributed by atoms with van der Waals surface area (Å²) in [5, 5.41) is -0.245. The molecule has 0 aromatic heterocycles. The molecule has 0 unspecified atom stereocenters. The number of rotatable bonds is 2. The fourth-order valence-corrected chi connectivity index (χ4v) is 1.47. The van der Waals surface area contributed by atoms with Crippen molar-refractivity contribution in [3.05, 3.63) is 34.3 Å². The maximum Gasteiger partial charge on any atom is 0.417 e. The SMILES string of the molecule is Cl.NCCc1cccc(C(F)(F)F)c1Cl. The van der Waals surface area contributed by atoms with Crippen LogP contribution in [-0.4, -0.2) is 6.54 Å². The van der Waals surface area contributed by atoms with Crippen LogP contribution in [0.5, 0.6) is 0 Å². The third-order valence-electron chi connectivity index (χ3n) is 1.80. The number of nitrogens with two attached hydrogens (primary N) is 1. The third kappa shape index (κ3) is 3.55. The normalized spacial score (nSPS) is 11.0. The second-order valence-corrected chi connectivity index (χ2v) is 3.19. The van der Waals surface area contributed by atoms with E-state index in [1.807, 2.05) is 0 Å². The van der Waals surface area contributed by atoms with Crippen LogP contribution in [0.4, 0.5) is 13.2 Å². The van der Waals surface area contributed by atoms with Crippen molar-refractivity contribution in [3.8, 4) is 0 Å². The molecule has 0 aliphatic rings. The third-order valence-corrected chi connectivity index (χ3v) is 2.24. The lowest BCUT2D eigenvalue weighted by Gasteiger charge is -2.11. The van der Waals surface area contributed by atoms with Crippen molar-refractivity contribution in [1.29, 1.82) is 0 Å². The minimum absolute atomic E-state index is 0. The van der Waals surface area contributed by atoms with E-state index < -0.39 is 11.7 Å². The number of alkyl halides is 3. The summed E-state index contributed by atoms with van der Waals surface area (Å²) >= 11 is 5.60. The highest BCUT2D eigenvalue weighted by Crippen LogP contribution is 2.36. The Labute approximate surface area is 96.8 Å². The summed E-state index contributed by atoms with van der Waals surface area (Å²) in [5.41, 5.74) is 4.88. The van der Waals surface area contributed by atoms with E-state index >= 15 is 0 Å². The summed E-state index contributed by atoms with van der Waals surface area (Å²) in [6, 6.07) is 3.84. The fourth-order valence-electron chi connectivity index (χ4n) is 1.15. The summed E-state index contributed by atoms with van der Waals surface area (Å²) in [6.45, 7) is 0.279. The Balaban J connectivity index is 0.00000196. The predicted octanol–water partition coefficient (Wildman–Crippen LogP) is 3.28. The summed E-state index contributed by atoms with van der Waals surface area (Å²) in [6.07, 6.45) is -4.05. The van der Waals surface area contributed by atoms with Crippen molar-refractivity contribution in [3.63, 3.8) is 0 Å². The molecule has 0 aliphatic heterocycles. The monoisotopic (exact) mass is 259 g/mol. The molecule has 1 rings (SSSR count). The van der Waals surface area contributed by atoms with Gasteiger partial charge in [0.05, 0.1) is 10.6 Å². The van der Waals surface area contributed by atoms with Gasteiger partial charge in [-0.05, 0) is 24.6 Å². The standard InChI is InChI=1S/C9H9ClF3N.ClH/c10-8-6(4-5-14)2-1-3-7(8)9(11,12)13;/h1-3H,4-5,14H2;1H. The quantitative estimate of drug-likeness (QED) is 0.867. The van der Waals surface area contributed by atoms with Gasteiger partial charge in [-0.3, -0.25) is 0 Å². The van der Waals surface area contributed by atoms with Crippen LogP contribution in [0.3, 0.4) is 0 Å². The minimum atomic E-state index is -4.40. The van der Waals surface area contributed by atoms with E-state index in [1.54, 1.807) is 6.07 Å². The second-order valence-electron chi connectivity index (χ2n) is 2.82. The maximum absolute atomic E-state index is 12.4. The molecule has 0 atom stereocenters. The van der Waals surface area contributed by atoms with Gasteiger partial charge in [-0.1, -0.05) is 23.7 Å². The van der Waals surface area contributed by atoms with Crippen molar-refractivity contribution in [2.24, 2.45) is 5.73 Å². The van der Waals surface area contributed by atoms with E-state index in [-0.39, 0.29) is 24.0 Å². The van der Waals surface area contributed by atoms with Gasteiger partial charge in [-0.25, -0.2) is 0 Å². The first-order chi connectivity index (χ1) is 6.46. The molecule has 0 heterocycles. The molecule has 1 aromatic rings. The average Bonchev–Trinajstić information content (AvgIpc) is 2.07. The van der Waals surface area contributed by atoms with Gasteiger partial charge < -0.3 is 5.73 Å². The van der Waals surface area contributed by atoms with Crippen LogP contribution < -0.4 is 5.73 Å². The highest BCUT2D eigenvalue weighted by Gasteiger charge is 2.33. The van der Waals surface area contributed by atoms with Crippen molar-refractivity contribution < 1.29 is 13.2 Å². The molecular weight excluding hydrogens is 250 g/mol. The molecule has 2 N–H and O–H groups in total. The zero-order valence-corrected chi connectivity index (χ0v) is 9.22. The molecule has 0 aliphatic carbocycles. The average molecular weight is 260 g/mol. The predicted molar refractivity (Wildman–Crippen MR) is 56.5 cm³/mol. The lowest BCUT2D eigenvalue weighted by Crippen LogP contribution is -2.09. The molecule has 86 valence electrons. The molecule has 0 saturated heterocycles. The van der Waals surface area contributed by atoms with Crippen LogP contribution in [0.15, 0.2) is 18.2 Å². The van der Waals surface area contributed by atoms with Crippen LogP contribution in [0, 0.1) is 0 Å². The Bertz CT molecular complexity index is 326. The maximum atomic E-state index is 12.4. The first-order valence-electron chi connectivity index (χ1n) is 4.01. The van der Waals surface area contributed by atoms with Crippen molar-refractivity contribution in [2.75, 3.05) is 6.54 Å². The van der Waals surface area contributed by atoms with E-state index in [1.165, 1.54) is 6.07 Å². The molecule has 0 amide bonds. The summed E-state index contributed by atoms with van der Waals surface area (Å²) < 4.78 is 37.1. The van der Waals surface area contributed by atoms with E-state index in [0.717, 1.165) is 6.07 Å². The van der Waals surface area contributed by atoms with Gasteiger partial charge >= 0.3 is 6.18 Å².